The van der Waals surface area contributed by atoms with Crippen LogP contribution in [0.3, 0.4) is 0 Å². The Morgan fingerprint density at radius 3 is 2.46 bits per heavy atom. The second kappa shape index (κ2) is 7.86. The molecule has 0 aliphatic heterocycles. The van der Waals surface area contributed by atoms with E-state index in [4.69, 9.17) is 16.3 Å². The standard InChI is InChI=1S/C17H17ClN4O3S/c1-25-14-6-2-12(3-7-14)17-20-16(21-22-17)10-11-19-26(23,24)15-8-4-13(18)5-9-15/h2-9,19H,10-11H2,1H3,(H,20,21,22). The SMILES string of the molecule is COc1ccc(-c2n[nH]c(CCNS(=O)(=O)c3ccc(Cl)cc3)n2)cc1. The number of rotatable bonds is 7. The van der Waals surface area contributed by atoms with Crippen LogP contribution < -0.4 is 9.46 Å². The van der Waals surface area contributed by atoms with E-state index in [2.05, 4.69) is 19.9 Å². The van der Waals surface area contributed by atoms with E-state index in [1.165, 1.54) is 24.3 Å². The smallest absolute Gasteiger partial charge is 0.240 e. The van der Waals surface area contributed by atoms with Crippen molar-refractivity contribution in [3.05, 3.63) is 59.4 Å². The molecule has 0 unspecified atom stereocenters. The Labute approximate surface area is 156 Å². The van der Waals surface area contributed by atoms with Gasteiger partial charge < -0.3 is 4.74 Å². The highest BCUT2D eigenvalue weighted by atomic mass is 35.5. The molecule has 1 aromatic heterocycles. The Hall–Kier alpha value is -2.42. The lowest BCUT2D eigenvalue weighted by Gasteiger charge is -2.05. The number of hydrogen-bond acceptors (Lipinski definition) is 5. The van der Waals surface area contributed by atoms with Crippen molar-refractivity contribution in [3.8, 4) is 17.1 Å². The van der Waals surface area contributed by atoms with Crippen LogP contribution in [0.15, 0.2) is 53.4 Å². The number of ether oxygens (including phenoxy) is 1. The molecule has 0 saturated carbocycles. The van der Waals surface area contributed by atoms with E-state index < -0.39 is 10.0 Å². The zero-order valence-corrected chi connectivity index (χ0v) is 15.5. The van der Waals surface area contributed by atoms with Crippen LogP contribution in [0.2, 0.25) is 5.02 Å². The molecule has 136 valence electrons. The van der Waals surface area contributed by atoms with Crippen molar-refractivity contribution >= 4 is 21.6 Å². The third-order valence-electron chi connectivity index (χ3n) is 3.66. The van der Waals surface area contributed by atoms with Gasteiger partial charge in [-0.3, -0.25) is 5.10 Å². The highest BCUT2D eigenvalue weighted by Crippen LogP contribution is 2.19. The molecule has 0 radical (unpaired) electrons. The maximum absolute atomic E-state index is 12.2. The van der Waals surface area contributed by atoms with Gasteiger partial charge in [-0.25, -0.2) is 18.1 Å². The van der Waals surface area contributed by atoms with Crippen molar-refractivity contribution in [2.24, 2.45) is 0 Å². The normalized spacial score (nSPS) is 11.5. The summed E-state index contributed by atoms with van der Waals surface area (Å²) in [6.07, 6.45) is 0.385. The third kappa shape index (κ3) is 4.40. The maximum atomic E-state index is 12.2. The van der Waals surface area contributed by atoms with Crippen molar-refractivity contribution in [2.75, 3.05) is 13.7 Å². The van der Waals surface area contributed by atoms with E-state index in [-0.39, 0.29) is 11.4 Å². The minimum Gasteiger partial charge on any atom is -0.497 e. The van der Waals surface area contributed by atoms with Crippen molar-refractivity contribution in [1.29, 1.82) is 0 Å². The summed E-state index contributed by atoms with van der Waals surface area (Å²) in [4.78, 5) is 4.55. The molecule has 2 aromatic carbocycles. The molecule has 0 amide bonds. The first kappa shape index (κ1) is 18.4. The van der Waals surface area contributed by atoms with Gasteiger partial charge in [0.15, 0.2) is 5.82 Å². The number of H-pyrrole nitrogens is 1. The minimum absolute atomic E-state index is 0.165. The van der Waals surface area contributed by atoms with Crippen molar-refractivity contribution in [3.63, 3.8) is 0 Å². The number of nitrogens with one attached hydrogen (secondary N) is 2. The molecule has 0 aliphatic rings. The largest absolute Gasteiger partial charge is 0.497 e. The van der Waals surface area contributed by atoms with Gasteiger partial charge in [-0.15, -0.1) is 0 Å². The fraction of sp³-hybridized carbons (Fsp3) is 0.176. The first-order chi connectivity index (χ1) is 12.5. The average Bonchev–Trinajstić information content (AvgIpc) is 3.11. The predicted molar refractivity (Wildman–Crippen MR) is 98.7 cm³/mol. The molecular weight excluding hydrogens is 376 g/mol. The summed E-state index contributed by atoms with van der Waals surface area (Å²) in [6.45, 7) is 0.197. The van der Waals surface area contributed by atoms with Gasteiger partial charge in [0.2, 0.25) is 10.0 Å². The predicted octanol–water partition coefficient (Wildman–Crippen LogP) is 2.65. The lowest BCUT2D eigenvalue weighted by molar-refractivity contribution is 0.415. The fourth-order valence-corrected chi connectivity index (χ4v) is 3.44. The van der Waals surface area contributed by atoms with Gasteiger partial charge >= 0.3 is 0 Å². The van der Waals surface area contributed by atoms with Crippen molar-refractivity contribution < 1.29 is 13.2 Å². The van der Waals surface area contributed by atoms with E-state index in [0.717, 1.165) is 11.3 Å². The Bertz CT molecular complexity index is 970. The van der Waals surface area contributed by atoms with Crippen LogP contribution in [0.25, 0.3) is 11.4 Å². The second-order valence-electron chi connectivity index (χ2n) is 5.44. The third-order valence-corrected chi connectivity index (χ3v) is 5.39. The molecule has 0 spiro atoms. The molecule has 0 aliphatic carbocycles. The molecule has 2 N–H and O–H groups in total. The molecule has 3 rings (SSSR count). The van der Waals surface area contributed by atoms with Gasteiger partial charge in [0.05, 0.1) is 12.0 Å². The van der Waals surface area contributed by atoms with Crippen LogP contribution in [0, 0.1) is 0 Å². The van der Waals surface area contributed by atoms with E-state index in [0.29, 0.717) is 23.1 Å². The molecule has 3 aromatic rings. The number of halogens is 1. The molecule has 0 fully saturated rings. The van der Waals surface area contributed by atoms with E-state index in [1.807, 2.05) is 24.3 Å². The van der Waals surface area contributed by atoms with Gasteiger partial charge in [0, 0.05) is 23.6 Å². The number of methoxy groups -OCH3 is 1. The fourth-order valence-electron chi connectivity index (χ4n) is 2.28. The molecule has 0 atom stereocenters. The van der Waals surface area contributed by atoms with Gasteiger partial charge in [-0.2, -0.15) is 5.10 Å². The molecular formula is C17H17ClN4O3S. The van der Waals surface area contributed by atoms with Gasteiger partial charge in [0.25, 0.3) is 0 Å². The Balaban J connectivity index is 1.60. The summed E-state index contributed by atoms with van der Waals surface area (Å²) in [5.74, 6) is 1.89. The second-order valence-corrected chi connectivity index (χ2v) is 7.64. The summed E-state index contributed by atoms with van der Waals surface area (Å²) in [6, 6.07) is 13.4. The topological polar surface area (TPSA) is 97.0 Å². The van der Waals surface area contributed by atoms with Crippen LogP contribution in [-0.4, -0.2) is 37.3 Å². The highest BCUT2D eigenvalue weighted by molar-refractivity contribution is 7.89. The number of aromatic amines is 1. The number of sulfonamides is 1. The van der Waals surface area contributed by atoms with Crippen LogP contribution in [-0.2, 0) is 16.4 Å². The summed E-state index contributed by atoms with van der Waals surface area (Å²) in [7, 11) is -1.98. The molecule has 9 heteroatoms. The highest BCUT2D eigenvalue weighted by Gasteiger charge is 2.14. The van der Waals surface area contributed by atoms with Gasteiger partial charge in [-0.05, 0) is 48.5 Å². The summed E-state index contributed by atoms with van der Waals surface area (Å²) in [5, 5.41) is 7.46. The molecule has 26 heavy (non-hydrogen) atoms. The summed E-state index contributed by atoms with van der Waals surface area (Å²) >= 11 is 5.77. The van der Waals surface area contributed by atoms with Crippen LogP contribution in [0.1, 0.15) is 5.82 Å². The maximum Gasteiger partial charge on any atom is 0.240 e. The molecule has 0 bridgehead atoms. The molecule has 1 heterocycles. The van der Waals surface area contributed by atoms with Crippen molar-refractivity contribution in [1.82, 2.24) is 19.9 Å². The van der Waals surface area contributed by atoms with Crippen LogP contribution in [0.4, 0.5) is 0 Å². The van der Waals surface area contributed by atoms with E-state index in [1.54, 1.807) is 7.11 Å². The minimum atomic E-state index is -3.58. The first-order valence-corrected chi connectivity index (χ1v) is 9.65. The number of hydrogen-bond donors (Lipinski definition) is 2. The average molecular weight is 393 g/mol. The van der Waals surface area contributed by atoms with Gasteiger partial charge in [-0.1, -0.05) is 11.6 Å². The van der Waals surface area contributed by atoms with Crippen LogP contribution >= 0.6 is 11.6 Å². The number of aromatic nitrogens is 3. The zero-order chi connectivity index (χ0) is 18.6. The summed E-state index contributed by atoms with van der Waals surface area (Å²) < 4.78 is 32.1. The van der Waals surface area contributed by atoms with Crippen molar-refractivity contribution in [2.45, 2.75) is 11.3 Å². The lowest BCUT2D eigenvalue weighted by atomic mass is 10.2. The quantitative estimate of drug-likeness (QED) is 0.644. The summed E-state index contributed by atoms with van der Waals surface area (Å²) in [5.41, 5.74) is 0.843. The van der Waals surface area contributed by atoms with E-state index in [9.17, 15) is 8.42 Å². The van der Waals surface area contributed by atoms with Gasteiger partial charge in [0.1, 0.15) is 11.6 Å². The Morgan fingerprint density at radius 2 is 1.81 bits per heavy atom. The number of benzene rings is 2. The van der Waals surface area contributed by atoms with E-state index >= 15 is 0 Å². The van der Waals surface area contributed by atoms with Crippen LogP contribution in [0.5, 0.6) is 5.75 Å². The monoisotopic (exact) mass is 392 g/mol. The lowest BCUT2D eigenvalue weighted by Crippen LogP contribution is -2.26. The first-order valence-electron chi connectivity index (χ1n) is 7.79. The number of nitrogens with zero attached hydrogens (tertiary/aromatic N) is 2. The molecule has 0 saturated heterocycles. The Morgan fingerprint density at radius 1 is 1.12 bits per heavy atom. The Kier molecular flexibility index (Phi) is 5.55. The zero-order valence-electron chi connectivity index (χ0n) is 13.9. The molecule has 7 nitrogen and oxygen atoms in total.